The third-order valence-corrected chi connectivity index (χ3v) is 4.60. The van der Waals surface area contributed by atoms with Crippen LogP contribution in [0.3, 0.4) is 0 Å². The molecule has 2 aromatic rings. The normalized spacial score (nSPS) is 11.6. The molecule has 0 aliphatic carbocycles. The van der Waals surface area contributed by atoms with E-state index in [9.17, 15) is 9.59 Å². The Hall–Kier alpha value is -2.68. The van der Waals surface area contributed by atoms with Crippen LogP contribution in [0.1, 0.15) is 19.6 Å². The first-order valence-corrected chi connectivity index (χ1v) is 9.44. The summed E-state index contributed by atoms with van der Waals surface area (Å²) in [6, 6.07) is 6.79. The number of anilines is 2. The lowest BCUT2D eigenvalue weighted by Crippen LogP contribution is -2.25. The minimum absolute atomic E-state index is 0.127. The van der Waals surface area contributed by atoms with E-state index < -0.39 is 5.25 Å². The largest absolute Gasteiger partial charge is 0.493 e. The summed E-state index contributed by atoms with van der Waals surface area (Å²) < 4.78 is 15.6. The van der Waals surface area contributed by atoms with Crippen molar-refractivity contribution in [3.63, 3.8) is 0 Å². The Bertz CT molecular complexity index is 793. The maximum atomic E-state index is 12.1. The van der Waals surface area contributed by atoms with Crippen LogP contribution in [0.15, 0.2) is 28.8 Å². The van der Waals surface area contributed by atoms with Gasteiger partial charge in [-0.05, 0) is 32.9 Å². The van der Waals surface area contributed by atoms with Crippen molar-refractivity contribution in [1.82, 2.24) is 5.16 Å². The molecule has 1 aromatic carbocycles. The molecule has 0 bridgehead atoms. The van der Waals surface area contributed by atoms with Crippen molar-refractivity contribution < 1.29 is 23.6 Å². The number of nitrogens with zero attached hydrogens (tertiary/aromatic N) is 1. The molecule has 1 aromatic heterocycles. The Morgan fingerprint density at radius 3 is 2.67 bits per heavy atom. The SMILES string of the molecule is CCOc1ccc(NC(=O)CS[C@H](C)C(=O)Nc2cc(C)on2)cc1OC. The van der Waals surface area contributed by atoms with E-state index >= 15 is 0 Å². The monoisotopic (exact) mass is 393 g/mol. The van der Waals surface area contributed by atoms with E-state index in [0.717, 1.165) is 0 Å². The average molecular weight is 393 g/mol. The first-order chi connectivity index (χ1) is 12.9. The van der Waals surface area contributed by atoms with Gasteiger partial charge in [-0.25, -0.2) is 0 Å². The van der Waals surface area contributed by atoms with Gasteiger partial charge in [0.1, 0.15) is 5.76 Å². The summed E-state index contributed by atoms with van der Waals surface area (Å²) in [5.41, 5.74) is 0.594. The predicted molar refractivity (Wildman–Crippen MR) is 105 cm³/mol. The number of carbonyl (C=O) groups excluding carboxylic acids is 2. The summed E-state index contributed by atoms with van der Waals surface area (Å²) in [6.07, 6.45) is 0. The van der Waals surface area contributed by atoms with Crippen molar-refractivity contribution in [2.24, 2.45) is 0 Å². The van der Waals surface area contributed by atoms with Gasteiger partial charge in [-0.15, -0.1) is 11.8 Å². The molecule has 0 aliphatic rings. The van der Waals surface area contributed by atoms with Crippen molar-refractivity contribution in [1.29, 1.82) is 0 Å². The number of ether oxygens (including phenoxy) is 2. The fourth-order valence-electron chi connectivity index (χ4n) is 2.15. The molecule has 9 heteroatoms. The third kappa shape index (κ3) is 6.21. The summed E-state index contributed by atoms with van der Waals surface area (Å²) >= 11 is 1.22. The Kier molecular flexibility index (Phi) is 7.54. The van der Waals surface area contributed by atoms with Crippen LogP contribution in [0, 0.1) is 6.92 Å². The van der Waals surface area contributed by atoms with Gasteiger partial charge in [0, 0.05) is 17.8 Å². The third-order valence-electron chi connectivity index (χ3n) is 3.46. The van der Waals surface area contributed by atoms with E-state index in [1.807, 2.05) is 6.92 Å². The topological polar surface area (TPSA) is 103 Å². The number of amides is 2. The van der Waals surface area contributed by atoms with E-state index in [1.54, 1.807) is 38.1 Å². The van der Waals surface area contributed by atoms with Gasteiger partial charge in [0.2, 0.25) is 11.8 Å². The number of rotatable bonds is 9. The highest BCUT2D eigenvalue weighted by atomic mass is 32.2. The van der Waals surface area contributed by atoms with Crippen LogP contribution in [0.5, 0.6) is 11.5 Å². The van der Waals surface area contributed by atoms with Crippen LogP contribution >= 0.6 is 11.8 Å². The lowest BCUT2D eigenvalue weighted by Gasteiger charge is -2.13. The molecule has 0 saturated heterocycles. The van der Waals surface area contributed by atoms with E-state index in [1.165, 1.54) is 18.9 Å². The molecular formula is C18H23N3O5S. The number of benzene rings is 1. The second-order valence-corrected chi connectivity index (χ2v) is 6.94. The highest BCUT2D eigenvalue weighted by Crippen LogP contribution is 2.30. The highest BCUT2D eigenvalue weighted by molar-refractivity contribution is 8.01. The Labute approximate surface area is 162 Å². The molecule has 0 fully saturated rings. The van der Waals surface area contributed by atoms with Crippen LogP contribution < -0.4 is 20.1 Å². The Morgan fingerprint density at radius 1 is 1.26 bits per heavy atom. The average Bonchev–Trinajstić information content (AvgIpc) is 3.05. The van der Waals surface area contributed by atoms with E-state index in [-0.39, 0.29) is 17.6 Å². The molecule has 2 N–H and O–H groups in total. The van der Waals surface area contributed by atoms with Crippen molar-refractivity contribution in [3.05, 3.63) is 30.0 Å². The standard InChI is InChI=1S/C18H23N3O5S/c1-5-25-14-7-6-13(9-15(14)24-4)19-17(22)10-27-12(3)18(23)20-16-8-11(2)26-21-16/h6-9,12H,5,10H2,1-4H3,(H,19,22)(H,20,21,23)/t12-/m1/s1. The number of carbonyl (C=O) groups is 2. The smallest absolute Gasteiger partial charge is 0.238 e. The molecule has 0 spiro atoms. The van der Waals surface area contributed by atoms with E-state index in [0.29, 0.717) is 35.4 Å². The van der Waals surface area contributed by atoms with Crippen LogP contribution in [0.4, 0.5) is 11.5 Å². The highest BCUT2D eigenvalue weighted by Gasteiger charge is 2.17. The first-order valence-electron chi connectivity index (χ1n) is 8.39. The van der Waals surface area contributed by atoms with Gasteiger partial charge in [-0.1, -0.05) is 5.16 Å². The molecule has 27 heavy (non-hydrogen) atoms. The number of aryl methyl sites for hydroxylation is 1. The molecule has 0 unspecified atom stereocenters. The number of aromatic nitrogens is 1. The number of methoxy groups -OCH3 is 1. The molecule has 1 atom stereocenters. The van der Waals surface area contributed by atoms with Crippen LogP contribution in [0.25, 0.3) is 0 Å². The molecule has 2 rings (SSSR count). The van der Waals surface area contributed by atoms with Gasteiger partial charge in [-0.2, -0.15) is 0 Å². The minimum Gasteiger partial charge on any atom is -0.493 e. The molecule has 0 aliphatic heterocycles. The molecule has 8 nitrogen and oxygen atoms in total. The molecule has 0 saturated carbocycles. The van der Waals surface area contributed by atoms with Crippen molar-refractivity contribution in [2.45, 2.75) is 26.0 Å². The van der Waals surface area contributed by atoms with Crippen molar-refractivity contribution in [2.75, 3.05) is 30.1 Å². The zero-order valence-corrected chi connectivity index (χ0v) is 16.5. The lowest BCUT2D eigenvalue weighted by molar-refractivity contribution is -0.115. The van der Waals surface area contributed by atoms with Crippen LogP contribution in [0.2, 0.25) is 0 Å². The van der Waals surface area contributed by atoms with Crippen molar-refractivity contribution in [3.8, 4) is 11.5 Å². The van der Waals surface area contributed by atoms with Gasteiger partial charge in [0.15, 0.2) is 17.3 Å². The summed E-state index contributed by atoms with van der Waals surface area (Å²) in [5, 5.41) is 8.70. The second kappa shape index (κ2) is 9.86. The lowest BCUT2D eigenvalue weighted by atomic mass is 10.2. The predicted octanol–water partition coefficient (Wildman–Crippen LogP) is 3.09. The fourth-order valence-corrected chi connectivity index (χ4v) is 2.83. The molecular weight excluding hydrogens is 370 g/mol. The maximum absolute atomic E-state index is 12.1. The maximum Gasteiger partial charge on any atom is 0.238 e. The van der Waals surface area contributed by atoms with Gasteiger partial charge >= 0.3 is 0 Å². The van der Waals surface area contributed by atoms with Crippen LogP contribution in [-0.4, -0.2) is 41.7 Å². The van der Waals surface area contributed by atoms with Gasteiger partial charge in [0.25, 0.3) is 0 Å². The number of hydrogen-bond acceptors (Lipinski definition) is 7. The number of hydrogen-bond donors (Lipinski definition) is 2. The first kappa shape index (κ1) is 20.6. The molecule has 0 radical (unpaired) electrons. The van der Waals surface area contributed by atoms with Crippen LogP contribution in [-0.2, 0) is 9.59 Å². The minimum atomic E-state index is -0.428. The van der Waals surface area contributed by atoms with E-state index in [2.05, 4.69) is 15.8 Å². The zero-order valence-electron chi connectivity index (χ0n) is 15.7. The molecule has 1 heterocycles. The van der Waals surface area contributed by atoms with Crippen molar-refractivity contribution >= 4 is 35.1 Å². The Balaban J connectivity index is 1.83. The zero-order chi connectivity index (χ0) is 19.8. The van der Waals surface area contributed by atoms with Gasteiger partial charge in [-0.3, -0.25) is 9.59 Å². The van der Waals surface area contributed by atoms with Gasteiger partial charge < -0.3 is 24.6 Å². The number of thioether (sulfide) groups is 1. The second-order valence-electron chi connectivity index (χ2n) is 5.61. The summed E-state index contributed by atoms with van der Waals surface area (Å²) in [4.78, 5) is 24.2. The summed E-state index contributed by atoms with van der Waals surface area (Å²) in [5.74, 6) is 1.78. The van der Waals surface area contributed by atoms with E-state index in [4.69, 9.17) is 14.0 Å². The summed E-state index contributed by atoms with van der Waals surface area (Å²) in [6.45, 7) is 5.86. The molecule has 146 valence electrons. The quantitative estimate of drug-likeness (QED) is 0.675. The summed E-state index contributed by atoms with van der Waals surface area (Å²) in [7, 11) is 1.54. The number of nitrogens with one attached hydrogen (secondary N) is 2. The Morgan fingerprint density at radius 2 is 2.04 bits per heavy atom. The fraction of sp³-hybridized carbons (Fsp3) is 0.389. The molecule has 2 amide bonds. The van der Waals surface area contributed by atoms with Gasteiger partial charge in [0.05, 0.1) is 24.7 Å².